The molecule has 3 unspecified atom stereocenters. The molecule has 0 heterocycles. The summed E-state index contributed by atoms with van der Waals surface area (Å²) in [7, 11) is 0. The predicted octanol–water partition coefficient (Wildman–Crippen LogP) is 5.13. The van der Waals surface area contributed by atoms with E-state index in [1.165, 1.54) is 44.9 Å². The Morgan fingerprint density at radius 1 is 0.833 bits per heavy atom. The van der Waals surface area contributed by atoms with E-state index in [1.54, 1.807) is 0 Å². The second kappa shape index (κ2) is 5.64. The molecule has 1 aromatic rings. The molecule has 0 bridgehead atoms. The highest BCUT2D eigenvalue weighted by Crippen LogP contribution is 2.42. The van der Waals surface area contributed by atoms with Crippen molar-refractivity contribution in [2.75, 3.05) is 0 Å². The van der Waals surface area contributed by atoms with Crippen LogP contribution in [-0.4, -0.2) is 6.04 Å². The van der Waals surface area contributed by atoms with Gasteiger partial charge in [-0.05, 0) is 36.8 Å². The molecule has 96 valence electrons. The van der Waals surface area contributed by atoms with Crippen LogP contribution in [0.25, 0.3) is 0 Å². The van der Waals surface area contributed by atoms with Crippen LogP contribution in [0.4, 0.5) is 5.69 Å². The number of rotatable bonds is 2. The summed E-state index contributed by atoms with van der Waals surface area (Å²) < 4.78 is 0. The van der Waals surface area contributed by atoms with E-state index >= 15 is 0 Å². The van der Waals surface area contributed by atoms with E-state index in [9.17, 15) is 0 Å². The lowest BCUT2D eigenvalue weighted by Gasteiger charge is -2.38. The molecule has 0 aromatic heterocycles. The molecule has 0 aliphatic heterocycles. The minimum absolute atomic E-state index is 0.490. The summed E-state index contributed by atoms with van der Waals surface area (Å²) in [6.07, 6.45) is 9.67. The van der Waals surface area contributed by atoms with Crippen LogP contribution in [0.15, 0.2) is 40.6 Å². The Kier molecular flexibility index (Phi) is 3.72. The first-order chi connectivity index (χ1) is 8.93. The van der Waals surface area contributed by atoms with Crippen molar-refractivity contribution >= 4 is 5.69 Å². The maximum Gasteiger partial charge on any atom is 0.0852 e. The Morgan fingerprint density at radius 2 is 1.61 bits per heavy atom. The van der Waals surface area contributed by atoms with Gasteiger partial charge in [0.2, 0.25) is 0 Å². The molecule has 3 atom stereocenters. The Bertz CT molecular complexity index is 397. The first-order valence-corrected chi connectivity index (χ1v) is 7.39. The predicted molar refractivity (Wildman–Crippen MR) is 74.0 cm³/mol. The third-order valence-corrected chi connectivity index (χ3v) is 4.61. The van der Waals surface area contributed by atoms with Crippen molar-refractivity contribution in [3.05, 3.63) is 30.3 Å². The van der Waals surface area contributed by atoms with Crippen LogP contribution >= 0.6 is 0 Å². The zero-order chi connectivity index (χ0) is 12.2. The molecule has 2 aliphatic rings. The van der Waals surface area contributed by atoms with Gasteiger partial charge in [0.15, 0.2) is 0 Å². The van der Waals surface area contributed by atoms with Gasteiger partial charge in [0.1, 0.15) is 0 Å². The van der Waals surface area contributed by atoms with Crippen molar-refractivity contribution in [1.29, 1.82) is 0 Å². The lowest BCUT2D eigenvalue weighted by atomic mass is 9.69. The zero-order valence-corrected chi connectivity index (χ0v) is 11.0. The van der Waals surface area contributed by atoms with Crippen LogP contribution in [0.2, 0.25) is 0 Å². The molecule has 1 aromatic carbocycles. The minimum atomic E-state index is 0.490. The van der Waals surface area contributed by atoms with Gasteiger partial charge in [-0.1, -0.05) is 50.3 Å². The third kappa shape index (κ3) is 2.63. The summed E-state index contributed by atoms with van der Waals surface area (Å²) in [4.78, 5) is 0. The number of hydrogen-bond acceptors (Lipinski definition) is 2. The normalized spacial score (nSPS) is 32.3. The van der Waals surface area contributed by atoms with E-state index in [2.05, 4.69) is 10.2 Å². The number of benzene rings is 1. The van der Waals surface area contributed by atoms with Crippen LogP contribution in [-0.2, 0) is 0 Å². The summed E-state index contributed by atoms with van der Waals surface area (Å²) in [6.45, 7) is 0. The standard InChI is InChI=1S/C16H22N2/c1-2-9-14(10-3-1)17-18-16-12-6-8-13-7-4-5-11-15(13)16/h1-3,9-10,13,15-16H,4-8,11-12H2. The van der Waals surface area contributed by atoms with Crippen molar-refractivity contribution in [2.45, 2.75) is 51.0 Å². The van der Waals surface area contributed by atoms with Crippen LogP contribution < -0.4 is 0 Å². The van der Waals surface area contributed by atoms with Gasteiger partial charge in [-0.15, -0.1) is 0 Å². The van der Waals surface area contributed by atoms with Crippen molar-refractivity contribution < 1.29 is 0 Å². The van der Waals surface area contributed by atoms with Crippen molar-refractivity contribution in [2.24, 2.45) is 22.1 Å². The molecule has 2 nitrogen and oxygen atoms in total. The summed E-state index contributed by atoms with van der Waals surface area (Å²) in [5, 5.41) is 9.11. The van der Waals surface area contributed by atoms with Gasteiger partial charge >= 0.3 is 0 Å². The summed E-state index contributed by atoms with van der Waals surface area (Å²) >= 11 is 0. The number of hydrogen-bond donors (Lipinski definition) is 0. The van der Waals surface area contributed by atoms with Crippen molar-refractivity contribution in [3.63, 3.8) is 0 Å². The van der Waals surface area contributed by atoms with Crippen LogP contribution in [0.3, 0.4) is 0 Å². The smallest absolute Gasteiger partial charge is 0.0852 e. The first-order valence-electron chi connectivity index (χ1n) is 7.39. The topological polar surface area (TPSA) is 24.7 Å². The van der Waals surface area contributed by atoms with E-state index < -0.39 is 0 Å². The molecule has 2 aliphatic carbocycles. The molecule has 2 heteroatoms. The second-order valence-corrected chi connectivity index (χ2v) is 5.76. The molecule has 3 rings (SSSR count). The fraction of sp³-hybridized carbons (Fsp3) is 0.625. The highest BCUT2D eigenvalue weighted by atomic mass is 15.1. The van der Waals surface area contributed by atoms with E-state index in [-0.39, 0.29) is 0 Å². The molecule has 0 spiro atoms. The van der Waals surface area contributed by atoms with Crippen LogP contribution in [0, 0.1) is 11.8 Å². The van der Waals surface area contributed by atoms with Crippen LogP contribution in [0.5, 0.6) is 0 Å². The van der Waals surface area contributed by atoms with Gasteiger partial charge in [-0.25, -0.2) is 0 Å². The monoisotopic (exact) mass is 242 g/mol. The highest BCUT2D eigenvalue weighted by Gasteiger charge is 2.34. The van der Waals surface area contributed by atoms with E-state index in [4.69, 9.17) is 0 Å². The molecule has 0 radical (unpaired) electrons. The van der Waals surface area contributed by atoms with E-state index in [1.807, 2.05) is 30.3 Å². The molecular weight excluding hydrogens is 220 g/mol. The molecular formula is C16H22N2. The summed E-state index contributed by atoms with van der Waals surface area (Å²) in [6, 6.07) is 10.6. The molecule has 2 saturated carbocycles. The Hall–Kier alpha value is -1.18. The summed E-state index contributed by atoms with van der Waals surface area (Å²) in [5.74, 6) is 1.76. The zero-order valence-electron chi connectivity index (χ0n) is 11.0. The Morgan fingerprint density at radius 3 is 2.50 bits per heavy atom. The van der Waals surface area contributed by atoms with Crippen molar-refractivity contribution in [1.82, 2.24) is 0 Å². The first kappa shape index (κ1) is 11.9. The van der Waals surface area contributed by atoms with Gasteiger partial charge in [-0.3, -0.25) is 0 Å². The quantitative estimate of drug-likeness (QED) is 0.642. The maximum atomic E-state index is 4.66. The van der Waals surface area contributed by atoms with E-state index in [0.717, 1.165) is 17.5 Å². The molecule has 2 fully saturated rings. The average Bonchev–Trinajstić information content (AvgIpc) is 2.46. The SMILES string of the molecule is c1ccc(N=NC2CCCC3CCCCC32)cc1. The van der Waals surface area contributed by atoms with Gasteiger partial charge < -0.3 is 0 Å². The second-order valence-electron chi connectivity index (χ2n) is 5.76. The van der Waals surface area contributed by atoms with Crippen LogP contribution in [0.1, 0.15) is 44.9 Å². The number of nitrogens with zero attached hydrogens (tertiary/aromatic N) is 2. The highest BCUT2D eigenvalue weighted by molar-refractivity contribution is 5.34. The minimum Gasteiger partial charge on any atom is -0.185 e. The molecule has 18 heavy (non-hydrogen) atoms. The average molecular weight is 242 g/mol. The summed E-state index contributed by atoms with van der Waals surface area (Å²) in [5.41, 5.74) is 0.996. The van der Waals surface area contributed by atoms with Gasteiger partial charge in [0.05, 0.1) is 11.7 Å². The lowest BCUT2D eigenvalue weighted by molar-refractivity contribution is 0.144. The maximum absolute atomic E-state index is 4.66. The largest absolute Gasteiger partial charge is 0.185 e. The fourth-order valence-electron chi connectivity index (χ4n) is 3.68. The fourth-order valence-corrected chi connectivity index (χ4v) is 3.68. The van der Waals surface area contributed by atoms with Gasteiger partial charge in [0.25, 0.3) is 0 Å². The molecule has 0 saturated heterocycles. The molecule has 0 amide bonds. The van der Waals surface area contributed by atoms with Gasteiger partial charge in [-0.2, -0.15) is 10.2 Å². The van der Waals surface area contributed by atoms with Crippen molar-refractivity contribution in [3.8, 4) is 0 Å². The third-order valence-electron chi connectivity index (χ3n) is 4.61. The van der Waals surface area contributed by atoms with E-state index in [0.29, 0.717) is 6.04 Å². The lowest BCUT2D eigenvalue weighted by Crippen LogP contribution is -2.33. The molecule has 0 N–H and O–H groups in total. The Labute approximate surface area is 110 Å². The number of fused-ring (bicyclic) bond motifs is 1. The Balaban J connectivity index is 1.69. The van der Waals surface area contributed by atoms with Gasteiger partial charge in [0, 0.05) is 0 Å². The number of azo groups is 1.